The Bertz CT molecular complexity index is 545. The van der Waals surface area contributed by atoms with E-state index in [-0.39, 0.29) is 5.82 Å². The molecule has 0 aliphatic heterocycles. The Labute approximate surface area is 105 Å². The summed E-state index contributed by atoms with van der Waals surface area (Å²) in [4.78, 5) is 5.33. The number of aryl methyl sites for hydroxylation is 1. The number of nitrogens with zero attached hydrogens (tertiary/aromatic N) is 1. The minimum absolute atomic E-state index is 0.263. The fourth-order valence-corrected chi connectivity index (χ4v) is 2.53. The minimum atomic E-state index is -0.263. The normalized spacial score (nSPS) is 12.4. The SMILES string of the molecule is C=CC(C)c1cc(-c2ncc(C)cc2F)cs1. The summed E-state index contributed by atoms with van der Waals surface area (Å²) < 4.78 is 13.8. The number of pyridine rings is 1. The van der Waals surface area contributed by atoms with Gasteiger partial charge in [-0.2, -0.15) is 0 Å². The second-order valence-electron chi connectivity index (χ2n) is 4.11. The van der Waals surface area contributed by atoms with Gasteiger partial charge in [-0.05, 0) is 24.6 Å². The van der Waals surface area contributed by atoms with Gasteiger partial charge in [0.05, 0.1) is 0 Å². The highest BCUT2D eigenvalue weighted by atomic mass is 32.1. The van der Waals surface area contributed by atoms with Gasteiger partial charge >= 0.3 is 0 Å². The Morgan fingerprint density at radius 3 is 2.88 bits per heavy atom. The van der Waals surface area contributed by atoms with E-state index in [0.29, 0.717) is 11.6 Å². The number of rotatable bonds is 3. The van der Waals surface area contributed by atoms with E-state index < -0.39 is 0 Å². The lowest BCUT2D eigenvalue weighted by Crippen LogP contribution is -1.89. The molecule has 1 unspecified atom stereocenters. The highest BCUT2D eigenvalue weighted by Crippen LogP contribution is 2.30. The zero-order valence-electron chi connectivity index (χ0n) is 9.90. The first kappa shape index (κ1) is 12.0. The first-order chi connectivity index (χ1) is 8.11. The van der Waals surface area contributed by atoms with Gasteiger partial charge in [0, 0.05) is 27.9 Å². The smallest absolute Gasteiger partial charge is 0.149 e. The molecule has 17 heavy (non-hydrogen) atoms. The van der Waals surface area contributed by atoms with Crippen LogP contribution in [0.2, 0.25) is 0 Å². The zero-order chi connectivity index (χ0) is 12.4. The van der Waals surface area contributed by atoms with Crippen LogP contribution in [-0.2, 0) is 0 Å². The van der Waals surface area contributed by atoms with Gasteiger partial charge in [0.25, 0.3) is 0 Å². The van der Waals surface area contributed by atoms with E-state index in [4.69, 9.17) is 0 Å². The van der Waals surface area contributed by atoms with Crippen molar-refractivity contribution in [2.24, 2.45) is 0 Å². The molecule has 2 heterocycles. The summed E-state index contributed by atoms with van der Waals surface area (Å²) in [5.41, 5.74) is 2.10. The summed E-state index contributed by atoms with van der Waals surface area (Å²) in [6.07, 6.45) is 3.57. The molecule has 0 aliphatic rings. The minimum Gasteiger partial charge on any atom is -0.253 e. The molecule has 0 amide bonds. The third-order valence-corrected chi connectivity index (χ3v) is 3.81. The summed E-state index contributed by atoms with van der Waals surface area (Å²) in [6, 6.07) is 3.49. The average Bonchev–Trinajstić information content (AvgIpc) is 2.77. The van der Waals surface area contributed by atoms with Crippen LogP contribution in [0.4, 0.5) is 4.39 Å². The third kappa shape index (κ3) is 2.44. The Hall–Kier alpha value is -1.48. The first-order valence-corrected chi connectivity index (χ1v) is 6.33. The summed E-state index contributed by atoms with van der Waals surface area (Å²) >= 11 is 1.61. The van der Waals surface area contributed by atoms with E-state index in [1.54, 1.807) is 17.5 Å². The van der Waals surface area contributed by atoms with Crippen molar-refractivity contribution in [2.75, 3.05) is 0 Å². The standard InChI is InChI=1S/C14H14FNS/c1-4-10(3)13-6-11(8-17-13)14-12(15)5-9(2)7-16-14/h4-8,10H,1H2,2-3H3. The van der Waals surface area contributed by atoms with Gasteiger partial charge in [-0.25, -0.2) is 4.39 Å². The van der Waals surface area contributed by atoms with E-state index in [9.17, 15) is 4.39 Å². The Balaban J connectivity index is 2.40. The van der Waals surface area contributed by atoms with Gasteiger partial charge in [0.1, 0.15) is 11.5 Å². The summed E-state index contributed by atoms with van der Waals surface area (Å²) in [5, 5.41) is 1.94. The van der Waals surface area contributed by atoms with Crippen molar-refractivity contribution < 1.29 is 4.39 Å². The average molecular weight is 247 g/mol. The van der Waals surface area contributed by atoms with Crippen molar-refractivity contribution in [2.45, 2.75) is 19.8 Å². The van der Waals surface area contributed by atoms with Crippen molar-refractivity contribution in [3.8, 4) is 11.3 Å². The van der Waals surface area contributed by atoms with E-state index in [2.05, 4.69) is 18.5 Å². The molecular formula is C14H14FNS. The van der Waals surface area contributed by atoms with Crippen molar-refractivity contribution in [1.29, 1.82) is 0 Å². The Morgan fingerprint density at radius 2 is 2.24 bits per heavy atom. The van der Waals surface area contributed by atoms with Crippen molar-refractivity contribution in [1.82, 2.24) is 4.98 Å². The Kier molecular flexibility index (Phi) is 3.38. The maximum absolute atomic E-state index is 13.8. The van der Waals surface area contributed by atoms with Crippen LogP contribution < -0.4 is 0 Å². The van der Waals surface area contributed by atoms with Crippen LogP contribution in [0.1, 0.15) is 23.3 Å². The van der Waals surface area contributed by atoms with Gasteiger partial charge in [-0.1, -0.05) is 13.0 Å². The third-order valence-electron chi connectivity index (χ3n) is 2.67. The van der Waals surface area contributed by atoms with E-state index in [0.717, 1.165) is 11.1 Å². The highest BCUT2D eigenvalue weighted by Gasteiger charge is 2.11. The quantitative estimate of drug-likeness (QED) is 0.725. The van der Waals surface area contributed by atoms with Gasteiger partial charge in [0.15, 0.2) is 0 Å². The van der Waals surface area contributed by atoms with Crippen LogP contribution in [0.5, 0.6) is 0 Å². The molecule has 1 atom stereocenters. The fraction of sp³-hybridized carbons (Fsp3) is 0.214. The van der Waals surface area contributed by atoms with Crippen molar-refractivity contribution in [3.63, 3.8) is 0 Å². The van der Waals surface area contributed by atoms with Crippen LogP contribution in [0.3, 0.4) is 0 Å². The number of halogens is 1. The molecule has 0 bridgehead atoms. The molecule has 0 aliphatic carbocycles. The Morgan fingerprint density at radius 1 is 1.47 bits per heavy atom. The second-order valence-corrected chi connectivity index (χ2v) is 5.05. The van der Waals surface area contributed by atoms with Crippen molar-refractivity contribution >= 4 is 11.3 Å². The zero-order valence-corrected chi connectivity index (χ0v) is 10.7. The molecule has 1 nitrogen and oxygen atoms in total. The van der Waals surface area contributed by atoms with E-state index >= 15 is 0 Å². The molecule has 3 heteroatoms. The first-order valence-electron chi connectivity index (χ1n) is 5.45. The molecule has 0 saturated carbocycles. The summed E-state index contributed by atoms with van der Waals surface area (Å²) in [6.45, 7) is 7.67. The molecular weight excluding hydrogens is 233 g/mol. The maximum atomic E-state index is 13.8. The van der Waals surface area contributed by atoms with E-state index in [1.807, 2.05) is 24.4 Å². The molecule has 0 aromatic carbocycles. The number of aromatic nitrogens is 1. The number of hydrogen-bond donors (Lipinski definition) is 0. The number of hydrogen-bond acceptors (Lipinski definition) is 2. The lowest BCUT2D eigenvalue weighted by Gasteiger charge is -2.01. The van der Waals surface area contributed by atoms with Crippen LogP contribution in [0, 0.1) is 12.7 Å². The summed E-state index contributed by atoms with van der Waals surface area (Å²) in [5.74, 6) is 0.0304. The van der Waals surface area contributed by atoms with Crippen LogP contribution in [0.15, 0.2) is 36.4 Å². The van der Waals surface area contributed by atoms with Crippen LogP contribution in [0.25, 0.3) is 11.3 Å². The highest BCUT2D eigenvalue weighted by molar-refractivity contribution is 7.10. The second kappa shape index (κ2) is 4.80. The van der Waals surface area contributed by atoms with Gasteiger partial charge in [-0.15, -0.1) is 17.9 Å². The monoisotopic (exact) mass is 247 g/mol. The lowest BCUT2D eigenvalue weighted by atomic mass is 10.1. The molecule has 2 aromatic rings. The predicted octanol–water partition coefficient (Wildman–Crippen LogP) is 4.55. The summed E-state index contributed by atoms with van der Waals surface area (Å²) in [7, 11) is 0. The lowest BCUT2D eigenvalue weighted by molar-refractivity contribution is 0.624. The van der Waals surface area contributed by atoms with Crippen LogP contribution in [-0.4, -0.2) is 4.98 Å². The van der Waals surface area contributed by atoms with Gasteiger partial charge in [-0.3, -0.25) is 4.98 Å². The molecule has 0 N–H and O–H groups in total. The van der Waals surface area contributed by atoms with E-state index in [1.165, 1.54) is 10.9 Å². The largest absolute Gasteiger partial charge is 0.253 e. The topological polar surface area (TPSA) is 12.9 Å². The molecule has 88 valence electrons. The number of thiophene rings is 1. The molecule has 2 rings (SSSR count). The molecule has 0 saturated heterocycles. The van der Waals surface area contributed by atoms with Gasteiger partial charge < -0.3 is 0 Å². The molecule has 0 fully saturated rings. The number of allylic oxidation sites excluding steroid dienone is 1. The van der Waals surface area contributed by atoms with Crippen molar-refractivity contribution in [3.05, 3.63) is 52.6 Å². The van der Waals surface area contributed by atoms with Crippen LogP contribution >= 0.6 is 11.3 Å². The maximum Gasteiger partial charge on any atom is 0.149 e. The molecule has 0 radical (unpaired) electrons. The van der Waals surface area contributed by atoms with Gasteiger partial charge in [0.2, 0.25) is 0 Å². The molecule has 0 spiro atoms. The predicted molar refractivity (Wildman–Crippen MR) is 70.9 cm³/mol. The molecule has 2 aromatic heterocycles. The fourth-order valence-electron chi connectivity index (χ4n) is 1.58.